The molecule has 2 aromatic heterocycles. The maximum atomic E-state index is 9.69. The van der Waals surface area contributed by atoms with Gasteiger partial charge < -0.3 is 19.7 Å². The maximum Gasteiger partial charge on any atom is 0.265 e. The Morgan fingerprint density at radius 1 is 1.06 bits per heavy atom. The summed E-state index contributed by atoms with van der Waals surface area (Å²) in [5.41, 5.74) is 0.822. The van der Waals surface area contributed by atoms with Gasteiger partial charge in [-0.3, -0.25) is 0 Å². The molecule has 1 aromatic carbocycles. The highest BCUT2D eigenvalue weighted by Gasteiger charge is 2.17. The Labute approximate surface area is 102 Å². The van der Waals surface area contributed by atoms with Crippen LogP contribution in [0.2, 0.25) is 0 Å². The van der Waals surface area contributed by atoms with E-state index in [2.05, 4.69) is 15.1 Å². The number of nitrogens with zero attached hydrogens (tertiary/aromatic N) is 2. The van der Waals surface area contributed by atoms with Crippen LogP contribution in [0.15, 0.2) is 41.1 Å². The van der Waals surface area contributed by atoms with Crippen molar-refractivity contribution in [2.45, 2.75) is 0 Å². The van der Waals surface area contributed by atoms with Crippen LogP contribution in [0.3, 0.4) is 0 Å². The lowest BCUT2D eigenvalue weighted by Gasteiger charge is -2.00. The number of aromatic amines is 1. The van der Waals surface area contributed by atoms with Gasteiger partial charge in [0.2, 0.25) is 5.82 Å². The molecule has 6 heteroatoms. The molecule has 3 aromatic rings. The zero-order valence-corrected chi connectivity index (χ0v) is 9.16. The minimum atomic E-state index is -0.114. The summed E-state index contributed by atoms with van der Waals surface area (Å²) in [6.07, 6.45) is 1.74. The molecule has 18 heavy (non-hydrogen) atoms. The molecule has 0 radical (unpaired) electrons. The molecule has 90 valence electrons. The van der Waals surface area contributed by atoms with E-state index in [4.69, 9.17) is 4.52 Å². The molecule has 0 saturated heterocycles. The second kappa shape index (κ2) is 3.92. The highest BCUT2D eigenvalue weighted by atomic mass is 16.5. The van der Waals surface area contributed by atoms with Crippen molar-refractivity contribution in [3.63, 3.8) is 0 Å². The number of rotatable bonds is 2. The topological polar surface area (TPSA) is 95.2 Å². The van der Waals surface area contributed by atoms with Gasteiger partial charge in [0.25, 0.3) is 5.89 Å². The first-order valence-electron chi connectivity index (χ1n) is 5.24. The van der Waals surface area contributed by atoms with Gasteiger partial charge in [-0.2, -0.15) is 4.98 Å². The first kappa shape index (κ1) is 10.4. The summed E-state index contributed by atoms with van der Waals surface area (Å²) >= 11 is 0. The van der Waals surface area contributed by atoms with Gasteiger partial charge >= 0.3 is 0 Å². The summed E-state index contributed by atoms with van der Waals surface area (Å²) in [6.45, 7) is 0. The van der Waals surface area contributed by atoms with E-state index in [9.17, 15) is 10.2 Å². The van der Waals surface area contributed by atoms with Crippen LogP contribution in [0.5, 0.6) is 11.5 Å². The molecule has 0 bridgehead atoms. The number of aromatic hydroxyl groups is 2. The minimum absolute atomic E-state index is 0.0650. The third-order valence-electron chi connectivity index (χ3n) is 2.50. The lowest BCUT2D eigenvalue weighted by Crippen LogP contribution is -1.82. The molecule has 6 nitrogen and oxygen atoms in total. The van der Waals surface area contributed by atoms with Gasteiger partial charge in [-0.15, -0.1) is 0 Å². The molecule has 0 aliphatic heterocycles. The molecular formula is C12H9N3O3. The van der Waals surface area contributed by atoms with Crippen molar-refractivity contribution in [1.82, 2.24) is 15.1 Å². The molecule has 0 aliphatic rings. The van der Waals surface area contributed by atoms with Crippen molar-refractivity contribution < 1.29 is 14.7 Å². The van der Waals surface area contributed by atoms with E-state index in [1.807, 2.05) is 6.07 Å². The summed E-state index contributed by atoms with van der Waals surface area (Å²) < 4.78 is 5.04. The Morgan fingerprint density at radius 3 is 2.50 bits per heavy atom. The van der Waals surface area contributed by atoms with Crippen LogP contribution in [0.1, 0.15) is 0 Å². The molecule has 3 N–H and O–H groups in total. The molecule has 0 unspecified atom stereocenters. The Bertz CT molecular complexity index is 653. The van der Waals surface area contributed by atoms with E-state index in [1.54, 1.807) is 12.3 Å². The van der Waals surface area contributed by atoms with Crippen LogP contribution in [0.25, 0.3) is 23.0 Å². The number of hydrogen-bond donors (Lipinski definition) is 3. The van der Waals surface area contributed by atoms with Crippen molar-refractivity contribution >= 4 is 0 Å². The van der Waals surface area contributed by atoms with Gasteiger partial charge in [0.15, 0.2) is 0 Å². The number of aromatic nitrogens is 3. The van der Waals surface area contributed by atoms with E-state index in [1.165, 1.54) is 18.2 Å². The molecule has 3 rings (SSSR count). The third-order valence-corrected chi connectivity index (χ3v) is 2.50. The van der Waals surface area contributed by atoms with E-state index >= 15 is 0 Å². The fraction of sp³-hybridized carbons (Fsp3) is 0. The van der Waals surface area contributed by atoms with Crippen LogP contribution in [0, 0.1) is 0 Å². The monoisotopic (exact) mass is 243 g/mol. The van der Waals surface area contributed by atoms with Crippen LogP contribution in [-0.2, 0) is 0 Å². The highest BCUT2D eigenvalue weighted by molar-refractivity contribution is 5.70. The molecule has 0 atom stereocenters. The van der Waals surface area contributed by atoms with Crippen molar-refractivity contribution in [3.05, 3.63) is 36.5 Å². The van der Waals surface area contributed by atoms with E-state index in [0.29, 0.717) is 11.5 Å². The Kier molecular flexibility index (Phi) is 2.26. The van der Waals surface area contributed by atoms with Crippen LogP contribution in [-0.4, -0.2) is 25.3 Å². The quantitative estimate of drug-likeness (QED) is 0.641. The number of hydrogen-bond acceptors (Lipinski definition) is 5. The van der Waals surface area contributed by atoms with Gasteiger partial charge in [-0.1, -0.05) is 11.2 Å². The standard InChI is InChI=1S/C12H9N3O3/c16-8-4-1-5-9(17)10(8)12-14-11(15-18-12)7-3-2-6-13-7/h1-6,13,16-17H. The molecule has 2 heterocycles. The van der Waals surface area contributed by atoms with Crippen LogP contribution >= 0.6 is 0 Å². The Morgan fingerprint density at radius 2 is 1.83 bits per heavy atom. The molecule has 0 amide bonds. The Hall–Kier alpha value is -2.76. The van der Waals surface area contributed by atoms with Crippen molar-refractivity contribution in [1.29, 1.82) is 0 Å². The largest absolute Gasteiger partial charge is 0.507 e. The molecular weight excluding hydrogens is 234 g/mol. The van der Waals surface area contributed by atoms with Crippen molar-refractivity contribution in [3.8, 4) is 34.5 Å². The van der Waals surface area contributed by atoms with Gasteiger partial charge in [0, 0.05) is 6.20 Å². The molecule has 0 aliphatic carbocycles. The van der Waals surface area contributed by atoms with E-state index in [-0.39, 0.29) is 23.0 Å². The van der Waals surface area contributed by atoms with E-state index < -0.39 is 0 Å². The second-order valence-electron chi connectivity index (χ2n) is 3.68. The fourth-order valence-electron chi connectivity index (χ4n) is 1.65. The third kappa shape index (κ3) is 1.60. The molecule has 0 fully saturated rings. The predicted molar refractivity (Wildman–Crippen MR) is 62.9 cm³/mol. The van der Waals surface area contributed by atoms with Crippen molar-refractivity contribution in [2.75, 3.05) is 0 Å². The summed E-state index contributed by atoms with van der Waals surface area (Å²) in [6, 6.07) is 8.00. The highest BCUT2D eigenvalue weighted by Crippen LogP contribution is 2.36. The number of phenols is 2. The zero-order chi connectivity index (χ0) is 12.5. The smallest absolute Gasteiger partial charge is 0.265 e. The number of benzene rings is 1. The fourth-order valence-corrected chi connectivity index (χ4v) is 1.65. The number of nitrogens with one attached hydrogen (secondary N) is 1. The van der Waals surface area contributed by atoms with Gasteiger partial charge in [-0.05, 0) is 24.3 Å². The first-order valence-corrected chi connectivity index (χ1v) is 5.24. The summed E-state index contributed by atoms with van der Waals surface area (Å²) in [5, 5.41) is 23.2. The second-order valence-corrected chi connectivity index (χ2v) is 3.68. The minimum Gasteiger partial charge on any atom is -0.507 e. The normalized spacial score (nSPS) is 10.7. The lowest BCUT2D eigenvalue weighted by atomic mass is 10.2. The zero-order valence-electron chi connectivity index (χ0n) is 9.16. The molecule has 0 spiro atoms. The summed E-state index contributed by atoms with van der Waals surface area (Å²) in [5.74, 6) is 0.196. The lowest BCUT2D eigenvalue weighted by molar-refractivity contribution is 0.416. The van der Waals surface area contributed by atoms with E-state index in [0.717, 1.165) is 0 Å². The maximum absolute atomic E-state index is 9.69. The number of phenolic OH excluding ortho intramolecular Hbond substituents is 2. The van der Waals surface area contributed by atoms with Gasteiger partial charge in [0.05, 0.1) is 5.69 Å². The SMILES string of the molecule is Oc1cccc(O)c1-c1nc(-c2ccc[nH]2)no1. The average molecular weight is 243 g/mol. The summed E-state index contributed by atoms with van der Waals surface area (Å²) in [7, 11) is 0. The summed E-state index contributed by atoms with van der Waals surface area (Å²) in [4.78, 5) is 7.05. The van der Waals surface area contributed by atoms with Gasteiger partial charge in [-0.25, -0.2) is 0 Å². The first-order chi connectivity index (χ1) is 8.75. The van der Waals surface area contributed by atoms with Crippen molar-refractivity contribution in [2.24, 2.45) is 0 Å². The molecule has 0 saturated carbocycles. The van der Waals surface area contributed by atoms with Crippen LogP contribution in [0.4, 0.5) is 0 Å². The number of H-pyrrole nitrogens is 1. The average Bonchev–Trinajstić information content (AvgIpc) is 2.99. The van der Waals surface area contributed by atoms with Crippen LogP contribution < -0.4 is 0 Å². The predicted octanol–water partition coefficient (Wildman–Crippen LogP) is 2.14. The Balaban J connectivity index is 2.09. The van der Waals surface area contributed by atoms with Gasteiger partial charge in [0.1, 0.15) is 17.1 Å².